The molecular formula is C30H28FN3O2S. The average molecular weight is 514 g/mol. The number of thioether (sulfide) groups is 1. The molecule has 2 amide bonds. The van der Waals surface area contributed by atoms with Crippen molar-refractivity contribution in [2.45, 2.75) is 11.8 Å². The highest BCUT2D eigenvalue weighted by molar-refractivity contribution is 8.00. The highest BCUT2D eigenvalue weighted by atomic mass is 32.2. The zero-order valence-corrected chi connectivity index (χ0v) is 21.5. The van der Waals surface area contributed by atoms with E-state index in [1.165, 1.54) is 23.9 Å². The molecule has 5 rings (SSSR count). The first-order valence-corrected chi connectivity index (χ1v) is 13.3. The number of piperazine rings is 1. The summed E-state index contributed by atoms with van der Waals surface area (Å²) in [6, 6.07) is 27.9. The molecule has 0 bridgehead atoms. The van der Waals surface area contributed by atoms with E-state index in [4.69, 9.17) is 0 Å². The van der Waals surface area contributed by atoms with Crippen molar-refractivity contribution in [3.05, 3.63) is 108 Å². The predicted octanol–water partition coefficient (Wildman–Crippen LogP) is 5.67. The number of carbonyl (C=O) groups excluding carboxylic acids is 2. The number of amides is 2. The third kappa shape index (κ3) is 5.47. The number of halogens is 1. The lowest BCUT2D eigenvalue weighted by Crippen LogP contribution is -2.51. The Balaban J connectivity index is 1.32. The van der Waals surface area contributed by atoms with Gasteiger partial charge < -0.3 is 14.4 Å². The normalized spacial score (nSPS) is 13.6. The lowest BCUT2D eigenvalue weighted by atomic mass is 10.1. The number of carbonyl (C=O) groups is 2. The molecule has 0 spiro atoms. The van der Waals surface area contributed by atoms with Crippen LogP contribution in [-0.2, 0) is 4.79 Å². The molecule has 1 aliphatic heterocycles. The van der Waals surface area contributed by atoms with Crippen molar-refractivity contribution in [2.75, 3.05) is 31.9 Å². The Labute approximate surface area is 220 Å². The number of aromatic nitrogens is 1. The number of para-hydroxylation sites is 1. The van der Waals surface area contributed by atoms with Gasteiger partial charge in [-0.3, -0.25) is 9.59 Å². The van der Waals surface area contributed by atoms with Crippen molar-refractivity contribution in [2.24, 2.45) is 0 Å². The molecule has 4 aromatic rings. The lowest BCUT2D eigenvalue weighted by Gasteiger charge is -2.34. The van der Waals surface area contributed by atoms with E-state index in [-0.39, 0.29) is 17.6 Å². The van der Waals surface area contributed by atoms with E-state index in [1.807, 2.05) is 88.0 Å². The Kier molecular flexibility index (Phi) is 7.42. The lowest BCUT2D eigenvalue weighted by molar-refractivity contribution is -0.129. The molecule has 188 valence electrons. The topological polar surface area (TPSA) is 45.6 Å². The number of benzene rings is 3. The minimum Gasteiger partial charge on any atom is -0.338 e. The summed E-state index contributed by atoms with van der Waals surface area (Å²) in [4.78, 5) is 31.1. The van der Waals surface area contributed by atoms with Crippen LogP contribution >= 0.6 is 11.8 Å². The summed E-state index contributed by atoms with van der Waals surface area (Å²) in [7, 11) is 0. The minimum absolute atomic E-state index is 0.0543. The van der Waals surface area contributed by atoms with Crippen molar-refractivity contribution in [1.29, 1.82) is 0 Å². The van der Waals surface area contributed by atoms with Gasteiger partial charge in [0, 0.05) is 42.5 Å². The Morgan fingerprint density at radius 3 is 2.05 bits per heavy atom. The molecule has 0 aliphatic carbocycles. The van der Waals surface area contributed by atoms with E-state index >= 15 is 0 Å². The van der Waals surface area contributed by atoms with Crippen molar-refractivity contribution in [3.8, 4) is 16.9 Å². The van der Waals surface area contributed by atoms with E-state index in [1.54, 1.807) is 12.1 Å². The summed E-state index contributed by atoms with van der Waals surface area (Å²) in [5.74, 6) is 0.120. The smallest absolute Gasteiger partial charge is 0.255 e. The van der Waals surface area contributed by atoms with E-state index in [2.05, 4.69) is 0 Å². The van der Waals surface area contributed by atoms with Gasteiger partial charge in [-0.15, -0.1) is 11.8 Å². The number of hydrogen-bond acceptors (Lipinski definition) is 3. The van der Waals surface area contributed by atoms with Crippen molar-refractivity contribution in [1.82, 2.24) is 14.4 Å². The van der Waals surface area contributed by atoms with Crippen LogP contribution < -0.4 is 0 Å². The van der Waals surface area contributed by atoms with Gasteiger partial charge >= 0.3 is 0 Å². The molecular weight excluding hydrogens is 485 g/mol. The molecule has 5 nitrogen and oxygen atoms in total. The van der Waals surface area contributed by atoms with Gasteiger partial charge in [-0.25, -0.2) is 4.39 Å². The van der Waals surface area contributed by atoms with Crippen molar-refractivity contribution < 1.29 is 14.0 Å². The quantitative estimate of drug-likeness (QED) is 0.312. The zero-order valence-electron chi connectivity index (χ0n) is 20.6. The maximum atomic E-state index is 13.6. The van der Waals surface area contributed by atoms with Gasteiger partial charge in [0.15, 0.2) is 0 Å². The summed E-state index contributed by atoms with van der Waals surface area (Å²) < 4.78 is 15.7. The second kappa shape index (κ2) is 11.0. The Morgan fingerprint density at radius 2 is 1.41 bits per heavy atom. The van der Waals surface area contributed by atoms with Gasteiger partial charge in [-0.05, 0) is 67.1 Å². The second-order valence-corrected chi connectivity index (χ2v) is 10.0. The summed E-state index contributed by atoms with van der Waals surface area (Å²) in [6.07, 6.45) is 0. The number of nitrogens with zero attached hydrogens (tertiary/aromatic N) is 3. The fourth-order valence-corrected chi connectivity index (χ4v) is 5.47. The van der Waals surface area contributed by atoms with Crippen LogP contribution in [0.2, 0.25) is 0 Å². The third-order valence-corrected chi connectivity index (χ3v) is 7.65. The maximum Gasteiger partial charge on any atom is 0.255 e. The van der Waals surface area contributed by atoms with Crippen LogP contribution in [0.25, 0.3) is 16.9 Å². The third-order valence-electron chi connectivity index (χ3n) is 6.66. The molecule has 3 aromatic carbocycles. The zero-order chi connectivity index (χ0) is 25.8. The van der Waals surface area contributed by atoms with Gasteiger partial charge in [-0.2, -0.15) is 0 Å². The molecule has 37 heavy (non-hydrogen) atoms. The predicted molar refractivity (Wildman–Crippen MR) is 146 cm³/mol. The van der Waals surface area contributed by atoms with E-state index in [0.29, 0.717) is 37.5 Å². The molecule has 0 N–H and O–H groups in total. The Hall–Kier alpha value is -3.84. The molecule has 0 saturated carbocycles. The van der Waals surface area contributed by atoms with Gasteiger partial charge in [0.1, 0.15) is 5.82 Å². The van der Waals surface area contributed by atoms with Crippen molar-refractivity contribution in [3.63, 3.8) is 0 Å². The van der Waals surface area contributed by atoms with Crippen LogP contribution in [0.4, 0.5) is 4.39 Å². The number of hydrogen-bond donors (Lipinski definition) is 0. The van der Waals surface area contributed by atoms with E-state index in [9.17, 15) is 14.0 Å². The standard InChI is InChI=1S/C30H28FN3O2S/c1-22-27(20-28(23-12-14-24(31)15-13-23)34(22)25-8-4-2-5-9-25)30(36)33-18-16-32(17-19-33)29(35)21-37-26-10-6-3-7-11-26/h2-15,20H,16-19,21H2,1H3. The van der Waals surface area contributed by atoms with Crippen LogP contribution in [0, 0.1) is 12.7 Å². The van der Waals surface area contributed by atoms with Crippen LogP contribution in [-0.4, -0.2) is 58.1 Å². The summed E-state index contributed by atoms with van der Waals surface area (Å²) in [5, 5.41) is 0. The fourth-order valence-electron chi connectivity index (χ4n) is 4.65. The molecule has 1 aromatic heterocycles. The monoisotopic (exact) mass is 513 g/mol. The van der Waals surface area contributed by atoms with Gasteiger partial charge in [0.2, 0.25) is 5.91 Å². The summed E-state index contributed by atoms with van der Waals surface area (Å²) in [5.41, 5.74) is 4.04. The fraction of sp³-hybridized carbons (Fsp3) is 0.200. The maximum absolute atomic E-state index is 13.6. The first-order valence-electron chi connectivity index (χ1n) is 12.3. The van der Waals surface area contributed by atoms with Crippen LogP contribution in [0.3, 0.4) is 0 Å². The van der Waals surface area contributed by atoms with Gasteiger partial charge in [-0.1, -0.05) is 36.4 Å². The largest absolute Gasteiger partial charge is 0.338 e. The molecule has 7 heteroatoms. The first-order chi connectivity index (χ1) is 18.0. The van der Waals surface area contributed by atoms with Gasteiger partial charge in [0.05, 0.1) is 17.0 Å². The molecule has 2 heterocycles. The first kappa shape index (κ1) is 24.8. The van der Waals surface area contributed by atoms with Crippen LogP contribution in [0.15, 0.2) is 95.9 Å². The Morgan fingerprint density at radius 1 is 0.811 bits per heavy atom. The second-order valence-electron chi connectivity index (χ2n) is 8.98. The molecule has 0 unspecified atom stereocenters. The van der Waals surface area contributed by atoms with Crippen LogP contribution in [0.1, 0.15) is 16.1 Å². The highest BCUT2D eigenvalue weighted by Crippen LogP contribution is 2.30. The minimum atomic E-state index is -0.302. The number of rotatable bonds is 6. The van der Waals surface area contributed by atoms with E-state index < -0.39 is 0 Å². The molecule has 1 aliphatic rings. The SMILES string of the molecule is Cc1c(C(=O)N2CCN(C(=O)CSc3ccccc3)CC2)cc(-c2ccc(F)cc2)n1-c1ccccc1. The Bertz CT molecular complexity index is 1380. The van der Waals surface area contributed by atoms with Crippen LogP contribution in [0.5, 0.6) is 0 Å². The molecule has 1 fully saturated rings. The van der Waals surface area contributed by atoms with Crippen molar-refractivity contribution >= 4 is 23.6 Å². The molecule has 0 radical (unpaired) electrons. The summed E-state index contributed by atoms with van der Waals surface area (Å²) >= 11 is 1.53. The van der Waals surface area contributed by atoms with E-state index in [0.717, 1.165) is 27.5 Å². The highest BCUT2D eigenvalue weighted by Gasteiger charge is 2.28. The van der Waals surface area contributed by atoms with Gasteiger partial charge in [0.25, 0.3) is 5.91 Å². The molecule has 0 atom stereocenters. The summed E-state index contributed by atoms with van der Waals surface area (Å²) in [6.45, 7) is 3.95. The average Bonchev–Trinajstić information content (AvgIpc) is 3.29. The molecule has 1 saturated heterocycles.